The molecule has 0 bridgehead atoms. The second kappa shape index (κ2) is 5.60. The quantitative estimate of drug-likeness (QED) is 0.870. The first-order valence-electron chi connectivity index (χ1n) is 7.07. The summed E-state index contributed by atoms with van der Waals surface area (Å²) in [6.45, 7) is 2.61. The Labute approximate surface area is 123 Å². The summed E-state index contributed by atoms with van der Waals surface area (Å²) in [5.41, 5.74) is 1.51. The molecule has 5 heteroatoms. The van der Waals surface area contributed by atoms with E-state index >= 15 is 0 Å². The van der Waals surface area contributed by atoms with E-state index in [9.17, 15) is 4.79 Å². The third-order valence-electron chi connectivity index (χ3n) is 3.84. The Bertz CT molecular complexity index is 633. The molecule has 1 saturated heterocycles. The van der Waals surface area contributed by atoms with Gasteiger partial charge in [0.2, 0.25) is 0 Å². The maximum atomic E-state index is 12.7. The summed E-state index contributed by atoms with van der Waals surface area (Å²) in [5, 5.41) is 4.06. The molecule has 2 heterocycles. The Morgan fingerprint density at radius 2 is 2.14 bits per heavy atom. The number of benzene rings is 1. The summed E-state index contributed by atoms with van der Waals surface area (Å²) >= 11 is 0. The molecule has 0 unspecified atom stereocenters. The van der Waals surface area contributed by atoms with Crippen molar-refractivity contribution in [2.75, 3.05) is 13.7 Å². The van der Waals surface area contributed by atoms with Gasteiger partial charge in [-0.05, 0) is 44.0 Å². The fourth-order valence-electron chi connectivity index (χ4n) is 2.76. The smallest absolute Gasteiger partial charge is 0.254 e. The molecule has 1 aromatic carbocycles. The number of rotatable bonds is 3. The van der Waals surface area contributed by atoms with Crippen LogP contribution in [0.5, 0.6) is 5.75 Å². The number of ether oxygens (including phenoxy) is 1. The fourth-order valence-corrected chi connectivity index (χ4v) is 2.76. The second-order valence-corrected chi connectivity index (χ2v) is 5.25. The van der Waals surface area contributed by atoms with Crippen LogP contribution < -0.4 is 4.74 Å². The van der Waals surface area contributed by atoms with Crippen LogP contribution >= 0.6 is 0 Å². The Hall–Kier alpha value is -2.30. The van der Waals surface area contributed by atoms with Crippen LogP contribution in [0, 0.1) is 6.92 Å². The number of nitrogens with zero attached hydrogens (tertiary/aromatic N) is 2. The number of carbonyl (C=O) groups excluding carboxylic acids is 1. The molecule has 0 spiro atoms. The van der Waals surface area contributed by atoms with Crippen LogP contribution in [0.15, 0.2) is 34.9 Å². The van der Waals surface area contributed by atoms with E-state index in [1.807, 2.05) is 17.9 Å². The van der Waals surface area contributed by atoms with Gasteiger partial charge in [0.1, 0.15) is 17.2 Å². The lowest BCUT2D eigenvalue weighted by molar-refractivity contribution is 0.0731. The number of amides is 1. The average molecular weight is 286 g/mol. The van der Waals surface area contributed by atoms with Crippen molar-refractivity contribution in [2.45, 2.75) is 25.8 Å². The summed E-state index contributed by atoms with van der Waals surface area (Å²) in [6, 6.07) is 9.12. The summed E-state index contributed by atoms with van der Waals surface area (Å²) in [5.74, 6) is 1.55. The van der Waals surface area contributed by atoms with Gasteiger partial charge in [0.25, 0.3) is 5.91 Å². The van der Waals surface area contributed by atoms with Crippen molar-refractivity contribution in [1.29, 1.82) is 0 Å². The fraction of sp³-hybridized carbons (Fsp3) is 0.375. The molecule has 1 amide bonds. The molecule has 0 N–H and O–H groups in total. The molecule has 21 heavy (non-hydrogen) atoms. The first-order valence-corrected chi connectivity index (χ1v) is 7.07. The average Bonchev–Trinajstić information content (AvgIpc) is 3.15. The highest BCUT2D eigenvalue weighted by Gasteiger charge is 2.32. The van der Waals surface area contributed by atoms with Crippen LogP contribution in [0.25, 0.3) is 0 Å². The number of carbonyl (C=O) groups is 1. The van der Waals surface area contributed by atoms with Crippen molar-refractivity contribution in [3.8, 4) is 5.75 Å². The molecule has 1 aliphatic rings. The van der Waals surface area contributed by atoms with E-state index in [1.165, 1.54) is 0 Å². The number of aryl methyl sites for hydroxylation is 1. The van der Waals surface area contributed by atoms with E-state index in [0.717, 1.165) is 36.6 Å². The molecule has 1 aromatic heterocycles. The van der Waals surface area contributed by atoms with Crippen molar-refractivity contribution in [1.82, 2.24) is 10.1 Å². The van der Waals surface area contributed by atoms with Crippen molar-refractivity contribution in [3.63, 3.8) is 0 Å². The summed E-state index contributed by atoms with van der Waals surface area (Å²) < 4.78 is 10.3. The van der Waals surface area contributed by atoms with E-state index in [1.54, 1.807) is 31.4 Å². The van der Waals surface area contributed by atoms with E-state index in [4.69, 9.17) is 9.26 Å². The molecule has 0 saturated carbocycles. The van der Waals surface area contributed by atoms with Crippen molar-refractivity contribution in [2.24, 2.45) is 0 Å². The van der Waals surface area contributed by atoms with Crippen LogP contribution in [0.2, 0.25) is 0 Å². The molecule has 1 atom stereocenters. The molecule has 5 nitrogen and oxygen atoms in total. The molecule has 0 aliphatic carbocycles. The lowest BCUT2D eigenvalue weighted by atomic mass is 10.1. The SMILES string of the molecule is COc1ccc(C(=O)N2CCC[C@H]2c2cc(C)on2)cc1. The summed E-state index contributed by atoms with van der Waals surface area (Å²) in [7, 11) is 1.61. The van der Waals surface area contributed by atoms with Crippen LogP contribution in [-0.2, 0) is 0 Å². The lowest BCUT2D eigenvalue weighted by Gasteiger charge is -2.23. The second-order valence-electron chi connectivity index (χ2n) is 5.25. The Morgan fingerprint density at radius 3 is 2.76 bits per heavy atom. The van der Waals surface area contributed by atoms with Crippen LogP contribution in [0.4, 0.5) is 0 Å². The third kappa shape index (κ3) is 2.63. The Morgan fingerprint density at radius 1 is 1.38 bits per heavy atom. The summed E-state index contributed by atoms with van der Waals surface area (Å²) in [4.78, 5) is 14.5. The highest BCUT2D eigenvalue weighted by atomic mass is 16.5. The number of hydrogen-bond acceptors (Lipinski definition) is 4. The van der Waals surface area contributed by atoms with E-state index in [-0.39, 0.29) is 11.9 Å². The number of methoxy groups -OCH3 is 1. The van der Waals surface area contributed by atoms with Gasteiger partial charge < -0.3 is 14.2 Å². The lowest BCUT2D eigenvalue weighted by Crippen LogP contribution is -2.30. The number of likely N-dealkylation sites (tertiary alicyclic amines) is 1. The van der Waals surface area contributed by atoms with Crippen LogP contribution in [0.3, 0.4) is 0 Å². The monoisotopic (exact) mass is 286 g/mol. The molecule has 0 radical (unpaired) electrons. The highest BCUT2D eigenvalue weighted by Crippen LogP contribution is 2.32. The standard InChI is InChI=1S/C16H18N2O3/c1-11-10-14(17-21-11)15-4-3-9-18(15)16(19)12-5-7-13(20-2)8-6-12/h5-8,10,15H,3-4,9H2,1-2H3/t15-/m0/s1. The maximum Gasteiger partial charge on any atom is 0.254 e. The van der Waals surface area contributed by atoms with Crippen LogP contribution in [0.1, 0.15) is 40.7 Å². The van der Waals surface area contributed by atoms with Crippen molar-refractivity contribution in [3.05, 3.63) is 47.3 Å². The minimum Gasteiger partial charge on any atom is -0.497 e. The van der Waals surface area contributed by atoms with Crippen LogP contribution in [-0.4, -0.2) is 29.6 Å². The minimum absolute atomic E-state index is 0.0112. The number of hydrogen-bond donors (Lipinski definition) is 0. The van der Waals surface area contributed by atoms with Crippen molar-refractivity contribution >= 4 is 5.91 Å². The normalized spacial score (nSPS) is 18.0. The molecule has 3 rings (SSSR count). The topological polar surface area (TPSA) is 55.6 Å². The zero-order chi connectivity index (χ0) is 14.8. The minimum atomic E-state index is 0.0112. The molecular weight excluding hydrogens is 268 g/mol. The van der Waals surface area contributed by atoms with Gasteiger partial charge in [-0.25, -0.2) is 0 Å². The van der Waals surface area contributed by atoms with Gasteiger partial charge in [-0.1, -0.05) is 5.16 Å². The van der Waals surface area contributed by atoms with Gasteiger partial charge in [-0.3, -0.25) is 4.79 Å². The largest absolute Gasteiger partial charge is 0.497 e. The molecule has 110 valence electrons. The zero-order valence-corrected chi connectivity index (χ0v) is 12.2. The molecule has 2 aromatic rings. The van der Waals surface area contributed by atoms with Gasteiger partial charge in [0.15, 0.2) is 0 Å². The zero-order valence-electron chi connectivity index (χ0n) is 12.2. The first-order chi connectivity index (χ1) is 10.2. The van der Waals surface area contributed by atoms with Gasteiger partial charge in [0.05, 0.1) is 13.2 Å². The Kier molecular flexibility index (Phi) is 3.64. The predicted octanol–water partition coefficient (Wildman–Crippen LogP) is 2.97. The van der Waals surface area contributed by atoms with E-state index in [2.05, 4.69) is 5.16 Å². The highest BCUT2D eigenvalue weighted by molar-refractivity contribution is 5.94. The molecule has 1 aliphatic heterocycles. The van der Waals surface area contributed by atoms with Gasteiger partial charge in [-0.2, -0.15) is 0 Å². The predicted molar refractivity (Wildman–Crippen MR) is 77.2 cm³/mol. The van der Waals surface area contributed by atoms with Crippen molar-refractivity contribution < 1.29 is 14.1 Å². The molecule has 1 fully saturated rings. The van der Waals surface area contributed by atoms with Gasteiger partial charge in [-0.15, -0.1) is 0 Å². The van der Waals surface area contributed by atoms with E-state index < -0.39 is 0 Å². The molecular formula is C16H18N2O3. The third-order valence-corrected chi connectivity index (χ3v) is 3.84. The Balaban J connectivity index is 1.82. The first kappa shape index (κ1) is 13.7. The maximum absolute atomic E-state index is 12.7. The van der Waals surface area contributed by atoms with Gasteiger partial charge >= 0.3 is 0 Å². The summed E-state index contributed by atoms with van der Waals surface area (Å²) in [6.07, 6.45) is 1.91. The number of aromatic nitrogens is 1. The van der Waals surface area contributed by atoms with Gasteiger partial charge in [0, 0.05) is 18.2 Å². The van der Waals surface area contributed by atoms with E-state index in [0.29, 0.717) is 5.56 Å².